The lowest BCUT2D eigenvalue weighted by atomic mass is 10.3. The number of nitrogens with zero attached hydrogens (tertiary/aromatic N) is 6. The summed E-state index contributed by atoms with van der Waals surface area (Å²) in [5.41, 5.74) is 2.71. The fourth-order valence-corrected chi connectivity index (χ4v) is 3.69. The maximum Gasteiger partial charge on any atom is 0.262 e. The van der Waals surface area contributed by atoms with Gasteiger partial charge in [-0.05, 0) is 24.6 Å². The van der Waals surface area contributed by atoms with Crippen molar-refractivity contribution in [1.29, 1.82) is 0 Å². The number of ether oxygens (including phenoxy) is 1. The minimum Gasteiger partial charge on any atom is -0.481 e. The molecule has 0 aromatic carbocycles. The van der Waals surface area contributed by atoms with Gasteiger partial charge in [0.05, 0.1) is 55.2 Å². The standard InChI is InChI=1S/C20H19FN6O2/c1-29-19-5-3-14(8-23-19)26-12-17-16(20(26)28)11-27(24-17)15-2-4-18(22-9-15)25-7-6-13(21)10-25/h2-5,8-9,11,13H,6-7,10,12H2,1H3/t13-/m0/s1. The van der Waals surface area contributed by atoms with E-state index >= 15 is 0 Å². The Balaban J connectivity index is 1.34. The number of fused-ring (bicyclic) bond motifs is 1. The van der Waals surface area contributed by atoms with Crippen molar-refractivity contribution in [2.24, 2.45) is 0 Å². The number of alkyl halides is 1. The number of aromatic nitrogens is 4. The molecule has 1 amide bonds. The Hall–Kier alpha value is -3.49. The maximum atomic E-state index is 13.4. The molecule has 9 heteroatoms. The Kier molecular flexibility index (Phi) is 4.15. The summed E-state index contributed by atoms with van der Waals surface area (Å²) >= 11 is 0. The normalized spacial score (nSPS) is 18.4. The van der Waals surface area contributed by atoms with Gasteiger partial charge < -0.3 is 14.5 Å². The molecule has 8 nitrogen and oxygen atoms in total. The van der Waals surface area contributed by atoms with E-state index in [0.29, 0.717) is 48.9 Å². The van der Waals surface area contributed by atoms with Crippen molar-refractivity contribution in [3.8, 4) is 11.6 Å². The number of pyridine rings is 2. The zero-order valence-corrected chi connectivity index (χ0v) is 15.8. The van der Waals surface area contributed by atoms with E-state index in [0.717, 1.165) is 11.5 Å². The summed E-state index contributed by atoms with van der Waals surface area (Å²) in [6.45, 7) is 1.44. The zero-order valence-electron chi connectivity index (χ0n) is 15.8. The van der Waals surface area contributed by atoms with Gasteiger partial charge in [0.2, 0.25) is 5.88 Å². The number of anilines is 2. The van der Waals surface area contributed by atoms with Crippen molar-refractivity contribution < 1.29 is 13.9 Å². The van der Waals surface area contributed by atoms with Crippen molar-refractivity contribution in [1.82, 2.24) is 19.7 Å². The first-order valence-electron chi connectivity index (χ1n) is 9.38. The number of amides is 1. The molecule has 2 aliphatic heterocycles. The monoisotopic (exact) mass is 394 g/mol. The van der Waals surface area contributed by atoms with Crippen molar-refractivity contribution in [2.75, 3.05) is 30.0 Å². The number of hydrogen-bond acceptors (Lipinski definition) is 6. The predicted molar refractivity (Wildman–Crippen MR) is 104 cm³/mol. The molecule has 1 fully saturated rings. The number of carbonyl (C=O) groups is 1. The highest BCUT2D eigenvalue weighted by molar-refractivity contribution is 6.09. The summed E-state index contributed by atoms with van der Waals surface area (Å²) in [4.78, 5) is 25.0. The van der Waals surface area contributed by atoms with E-state index in [1.165, 1.54) is 0 Å². The highest BCUT2D eigenvalue weighted by atomic mass is 19.1. The van der Waals surface area contributed by atoms with Crippen LogP contribution in [0.5, 0.6) is 5.88 Å². The Morgan fingerprint density at radius 2 is 1.97 bits per heavy atom. The Morgan fingerprint density at radius 1 is 1.14 bits per heavy atom. The molecular formula is C20H19FN6O2. The zero-order chi connectivity index (χ0) is 20.0. The summed E-state index contributed by atoms with van der Waals surface area (Å²) in [6.07, 6.45) is 4.77. The van der Waals surface area contributed by atoms with Gasteiger partial charge in [0, 0.05) is 18.8 Å². The molecule has 1 saturated heterocycles. The van der Waals surface area contributed by atoms with Gasteiger partial charge in [-0.2, -0.15) is 5.10 Å². The molecule has 1 atom stereocenters. The van der Waals surface area contributed by atoms with Crippen LogP contribution in [0.15, 0.2) is 42.9 Å². The molecular weight excluding hydrogens is 375 g/mol. The van der Waals surface area contributed by atoms with Crippen molar-refractivity contribution in [3.63, 3.8) is 0 Å². The Morgan fingerprint density at radius 3 is 2.59 bits per heavy atom. The first-order valence-corrected chi connectivity index (χ1v) is 9.38. The molecule has 3 aromatic heterocycles. The van der Waals surface area contributed by atoms with Crippen LogP contribution in [0.3, 0.4) is 0 Å². The van der Waals surface area contributed by atoms with Crippen LogP contribution in [-0.4, -0.2) is 52.0 Å². The Bertz CT molecular complexity index is 1050. The minimum absolute atomic E-state index is 0.117. The SMILES string of the molecule is COc1ccc(N2Cc3nn(-c4ccc(N5CC[C@H](F)C5)nc4)cc3C2=O)cn1. The lowest BCUT2D eigenvalue weighted by Crippen LogP contribution is -2.24. The molecule has 29 heavy (non-hydrogen) atoms. The summed E-state index contributed by atoms with van der Waals surface area (Å²) in [7, 11) is 1.55. The molecule has 0 saturated carbocycles. The van der Waals surface area contributed by atoms with Crippen LogP contribution in [0.1, 0.15) is 22.5 Å². The number of methoxy groups -OCH3 is 1. The summed E-state index contributed by atoms with van der Waals surface area (Å²) < 4.78 is 20.1. The van der Waals surface area contributed by atoms with Gasteiger partial charge in [-0.1, -0.05) is 0 Å². The van der Waals surface area contributed by atoms with E-state index in [9.17, 15) is 9.18 Å². The molecule has 0 radical (unpaired) electrons. The average molecular weight is 394 g/mol. The second-order valence-corrected chi connectivity index (χ2v) is 7.09. The summed E-state index contributed by atoms with van der Waals surface area (Å²) in [5.74, 6) is 1.13. The highest BCUT2D eigenvalue weighted by Gasteiger charge is 2.32. The summed E-state index contributed by atoms with van der Waals surface area (Å²) in [6, 6.07) is 7.26. The smallest absolute Gasteiger partial charge is 0.262 e. The Labute approximate surface area is 166 Å². The third kappa shape index (κ3) is 3.08. The van der Waals surface area contributed by atoms with Crippen LogP contribution < -0.4 is 14.5 Å². The van der Waals surface area contributed by atoms with E-state index in [2.05, 4.69) is 15.1 Å². The minimum atomic E-state index is -0.791. The van der Waals surface area contributed by atoms with Crippen molar-refractivity contribution >= 4 is 17.4 Å². The van der Waals surface area contributed by atoms with E-state index < -0.39 is 6.17 Å². The van der Waals surface area contributed by atoms with Crippen LogP contribution >= 0.6 is 0 Å². The van der Waals surface area contributed by atoms with Crippen LogP contribution in [0.25, 0.3) is 5.69 Å². The highest BCUT2D eigenvalue weighted by Crippen LogP contribution is 2.29. The molecule has 5 rings (SSSR count). The van der Waals surface area contributed by atoms with Crippen LogP contribution in [0.4, 0.5) is 15.9 Å². The van der Waals surface area contributed by atoms with E-state index in [4.69, 9.17) is 4.74 Å². The van der Waals surface area contributed by atoms with Gasteiger partial charge in [-0.3, -0.25) is 4.79 Å². The summed E-state index contributed by atoms with van der Waals surface area (Å²) in [5, 5.41) is 4.56. The third-order valence-electron chi connectivity index (χ3n) is 5.27. The molecule has 0 unspecified atom stereocenters. The van der Waals surface area contributed by atoms with E-state index in [1.807, 2.05) is 17.0 Å². The quantitative estimate of drug-likeness (QED) is 0.676. The fourth-order valence-electron chi connectivity index (χ4n) is 3.69. The fraction of sp³-hybridized carbons (Fsp3) is 0.300. The van der Waals surface area contributed by atoms with Crippen LogP contribution in [0, 0.1) is 0 Å². The molecule has 2 aliphatic rings. The predicted octanol–water partition coefficient (Wildman–Crippen LogP) is 2.38. The van der Waals surface area contributed by atoms with Gasteiger partial charge in [0.15, 0.2) is 0 Å². The average Bonchev–Trinajstić information content (AvgIpc) is 3.45. The van der Waals surface area contributed by atoms with Gasteiger partial charge in [-0.15, -0.1) is 0 Å². The molecule has 3 aromatic rings. The molecule has 0 spiro atoms. The number of rotatable bonds is 4. The first-order chi connectivity index (χ1) is 14.1. The van der Waals surface area contributed by atoms with Crippen LogP contribution in [-0.2, 0) is 6.54 Å². The van der Waals surface area contributed by atoms with Gasteiger partial charge in [0.1, 0.15) is 12.0 Å². The van der Waals surface area contributed by atoms with E-state index in [-0.39, 0.29) is 5.91 Å². The molecule has 5 heterocycles. The first kappa shape index (κ1) is 17.6. The second kappa shape index (κ2) is 6.84. The number of carbonyl (C=O) groups excluding carboxylic acids is 1. The van der Waals surface area contributed by atoms with Gasteiger partial charge in [0.25, 0.3) is 5.91 Å². The third-order valence-corrected chi connectivity index (χ3v) is 5.27. The number of halogens is 1. The maximum absolute atomic E-state index is 13.4. The molecule has 0 bridgehead atoms. The molecule has 0 aliphatic carbocycles. The lowest BCUT2D eigenvalue weighted by molar-refractivity contribution is 0.0996. The van der Waals surface area contributed by atoms with Crippen molar-refractivity contribution in [2.45, 2.75) is 19.1 Å². The topological polar surface area (TPSA) is 76.4 Å². The largest absolute Gasteiger partial charge is 0.481 e. The van der Waals surface area contributed by atoms with Crippen molar-refractivity contribution in [3.05, 3.63) is 54.1 Å². The van der Waals surface area contributed by atoms with E-state index in [1.54, 1.807) is 47.4 Å². The molecule has 0 N–H and O–H groups in total. The van der Waals surface area contributed by atoms with Gasteiger partial charge in [-0.25, -0.2) is 19.0 Å². The lowest BCUT2D eigenvalue weighted by Gasteiger charge is -2.17. The van der Waals surface area contributed by atoms with Gasteiger partial charge >= 0.3 is 0 Å². The second-order valence-electron chi connectivity index (χ2n) is 7.09. The van der Waals surface area contributed by atoms with Crippen LogP contribution in [0.2, 0.25) is 0 Å². The number of hydrogen-bond donors (Lipinski definition) is 0. The molecule has 148 valence electrons.